The van der Waals surface area contributed by atoms with Crippen molar-refractivity contribution in [1.29, 1.82) is 0 Å². The molecule has 0 spiro atoms. The minimum absolute atomic E-state index is 0.0403. The monoisotopic (exact) mass is 306 g/mol. The second kappa shape index (κ2) is 6.45. The normalized spacial score (nSPS) is 10.3. The van der Waals surface area contributed by atoms with Crippen molar-refractivity contribution in [2.24, 2.45) is 0 Å². The summed E-state index contributed by atoms with van der Waals surface area (Å²) in [5, 5.41) is 0. The highest BCUT2D eigenvalue weighted by molar-refractivity contribution is 5.49. The predicted molar refractivity (Wildman–Crippen MR) is 87.8 cm³/mol. The van der Waals surface area contributed by atoms with Gasteiger partial charge in [-0.3, -0.25) is 9.20 Å². The minimum Gasteiger partial charge on any atom is -0.269 e. The van der Waals surface area contributed by atoms with E-state index in [1.54, 1.807) is 36.7 Å². The number of rotatable bonds is 2. The van der Waals surface area contributed by atoms with Crippen LogP contribution in [0.5, 0.6) is 0 Å². The molecule has 1 aromatic carbocycles. The van der Waals surface area contributed by atoms with Crippen LogP contribution in [-0.2, 0) is 6.42 Å². The molecule has 0 atom stereocenters. The van der Waals surface area contributed by atoms with Crippen LogP contribution in [0.15, 0.2) is 53.6 Å². The molecule has 114 valence electrons. The Morgan fingerprint density at radius 1 is 1.17 bits per heavy atom. The highest BCUT2D eigenvalue weighted by atomic mass is 19.1. The Balaban J connectivity index is 1.99. The average Bonchev–Trinajstić information content (AvgIpc) is 2.56. The van der Waals surface area contributed by atoms with Gasteiger partial charge in [-0.15, -0.1) is 0 Å². The Bertz CT molecular complexity index is 980. The van der Waals surface area contributed by atoms with E-state index in [0.717, 1.165) is 18.4 Å². The molecular weight excluding hydrogens is 291 g/mol. The van der Waals surface area contributed by atoms with Crippen molar-refractivity contribution in [2.75, 3.05) is 0 Å². The molecule has 0 amide bonds. The molecule has 0 aliphatic carbocycles. The second-order valence-electron chi connectivity index (χ2n) is 5.24. The smallest absolute Gasteiger partial charge is 0.261 e. The quantitative estimate of drug-likeness (QED) is 0.682. The first kappa shape index (κ1) is 15.0. The Kier molecular flexibility index (Phi) is 4.20. The molecule has 0 saturated heterocycles. The molecule has 0 N–H and O–H groups in total. The number of benzene rings is 1. The first-order chi connectivity index (χ1) is 11.2. The summed E-state index contributed by atoms with van der Waals surface area (Å²) in [6, 6.07) is 9.65. The summed E-state index contributed by atoms with van der Waals surface area (Å²) < 4.78 is 14.7. The van der Waals surface area contributed by atoms with E-state index in [2.05, 4.69) is 16.8 Å². The summed E-state index contributed by atoms with van der Waals surface area (Å²) in [4.78, 5) is 16.6. The van der Waals surface area contributed by atoms with E-state index in [4.69, 9.17) is 0 Å². The second-order valence-corrected chi connectivity index (χ2v) is 5.24. The number of aromatic nitrogens is 2. The molecule has 0 aliphatic rings. The molecule has 3 nitrogen and oxygen atoms in total. The molecule has 23 heavy (non-hydrogen) atoms. The lowest BCUT2D eigenvalue weighted by Gasteiger charge is -2.03. The fraction of sp³-hybridized carbons (Fsp3) is 0.158. The summed E-state index contributed by atoms with van der Waals surface area (Å²) in [5.41, 5.74) is 2.56. The van der Waals surface area contributed by atoms with E-state index in [9.17, 15) is 9.18 Å². The van der Waals surface area contributed by atoms with Gasteiger partial charge in [0.15, 0.2) is 0 Å². The van der Waals surface area contributed by atoms with Crippen LogP contribution in [0.2, 0.25) is 0 Å². The maximum atomic E-state index is 13.1. The predicted octanol–water partition coefficient (Wildman–Crippen LogP) is 3.19. The van der Waals surface area contributed by atoms with E-state index in [1.807, 2.05) is 6.92 Å². The third-order valence-corrected chi connectivity index (χ3v) is 3.48. The molecule has 3 rings (SSSR count). The number of pyridine rings is 1. The van der Waals surface area contributed by atoms with Gasteiger partial charge in [0, 0.05) is 29.1 Å². The van der Waals surface area contributed by atoms with Crippen LogP contribution >= 0.6 is 0 Å². The highest BCUT2D eigenvalue weighted by Crippen LogP contribution is 2.06. The lowest BCUT2D eigenvalue weighted by Crippen LogP contribution is -2.19. The third kappa shape index (κ3) is 3.29. The van der Waals surface area contributed by atoms with Gasteiger partial charge in [0.2, 0.25) is 0 Å². The first-order valence-electron chi connectivity index (χ1n) is 7.45. The third-order valence-electron chi connectivity index (χ3n) is 3.48. The fourth-order valence-electron chi connectivity index (χ4n) is 2.34. The number of fused-ring (bicyclic) bond motifs is 1. The van der Waals surface area contributed by atoms with E-state index in [1.165, 1.54) is 16.5 Å². The van der Waals surface area contributed by atoms with Gasteiger partial charge in [-0.05, 0) is 36.8 Å². The summed E-state index contributed by atoms with van der Waals surface area (Å²) in [6.45, 7) is 2.03. The van der Waals surface area contributed by atoms with E-state index < -0.39 is 0 Å². The Morgan fingerprint density at radius 3 is 2.70 bits per heavy atom. The molecule has 3 aromatic rings. The van der Waals surface area contributed by atoms with Crippen molar-refractivity contribution in [2.45, 2.75) is 19.8 Å². The summed E-state index contributed by atoms with van der Waals surface area (Å²) in [5.74, 6) is 5.56. The number of hydrogen-bond acceptors (Lipinski definition) is 2. The maximum Gasteiger partial charge on any atom is 0.261 e. The van der Waals surface area contributed by atoms with Gasteiger partial charge >= 0.3 is 0 Å². The van der Waals surface area contributed by atoms with Gasteiger partial charge in [-0.2, -0.15) is 0 Å². The molecule has 0 fully saturated rings. The van der Waals surface area contributed by atoms with Crippen molar-refractivity contribution < 1.29 is 4.39 Å². The lowest BCUT2D eigenvalue weighted by atomic mass is 10.2. The molecule has 0 saturated carbocycles. The molecule has 2 aromatic heterocycles. The molecule has 4 heteroatoms. The van der Waals surface area contributed by atoms with Crippen LogP contribution in [0.25, 0.3) is 5.65 Å². The zero-order chi connectivity index (χ0) is 16.2. The van der Waals surface area contributed by atoms with Crippen LogP contribution in [0.1, 0.15) is 30.0 Å². The van der Waals surface area contributed by atoms with Crippen molar-refractivity contribution in [3.8, 4) is 11.8 Å². The van der Waals surface area contributed by atoms with Gasteiger partial charge in [-0.25, -0.2) is 9.37 Å². The van der Waals surface area contributed by atoms with Gasteiger partial charge in [0.25, 0.3) is 5.56 Å². The lowest BCUT2D eigenvalue weighted by molar-refractivity contribution is 0.627. The standard InChI is InChI=1S/C19H15FN2O/c1-2-4-16-13-21-18-12-15(9-10-22(18)19(16)23)8-7-14-5-3-6-17(20)11-14/h3,5-6,9-13H,2,4H2,1H3. The highest BCUT2D eigenvalue weighted by Gasteiger charge is 2.04. The Labute approximate surface area is 133 Å². The fourth-order valence-corrected chi connectivity index (χ4v) is 2.34. The molecule has 0 bridgehead atoms. The largest absolute Gasteiger partial charge is 0.269 e. The first-order valence-corrected chi connectivity index (χ1v) is 7.45. The summed E-state index contributed by atoms with van der Waals surface area (Å²) in [6.07, 6.45) is 4.93. The molecule has 0 unspecified atom stereocenters. The van der Waals surface area contributed by atoms with Crippen LogP contribution < -0.4 is 5.56 Å². The molecular formula is C19H15FN2O. The SMILES string of the molecule is CCCc1cnc2cc(C#Cc3cccc(F)c3)ccn2c1=O. The number of halogens is 1. The van der Waals surface area contributed by atoms with E-state index >= 15 is 0 Å². The van der Waals surface area contributed by atoms with Crippen molar-refractivity contribution in [3.05, 3.63) is 81.7 Å². The number of hydrogen-bond donors (Lipinski definition) is 0. The Morgan fingerprint density at radius 2 is 1.96 bits per heavy atom. The van der Waals surface area contributed by atoms with Crippen molar-refractivity contribution >= 4 is 5.65 Å². The van der Waals surface area contributed by atoms with Crippen LogP contribution in [-0.4, -0.2) is 9.38 Å². The topological polar surface area (TPSA) is 34.4 Å². The average molecular weight is 306 g/mol. The van der Waals surface area contributed by atoms with Crippen molar-refractivity contribution in [3.63, 3.8) is 0 Å². The van der Waals surface area contributed by atoms with Gasteiger partial charge in [0.1, 0.15) is 11.5 Å². The van der Waals surface area contributed by atoms with E-state index in [0.29, 0.717) is 16.8 Å². The Hall–Kier alpha value is -2.93. The molecule has 0 radical (unpaired) electrons. The zero-order valence-electron chi connectivity index (χ0n) is 12.7. The van der Waals surface area contributed by atoms with E-state index in [-0.39, 0.29) is 11.4 Å². The van der Waals surface area contributed by atoms with Gasteiger partial charge < -0.3 is 0 Å². The van der Waals surface area contributed by atoms with Gasteiger partial charge in [-0.1, -0.05) is 31.3 Å². The van der Waals surface area contributed by atoms with Crippen LogP contribution in [0, 0.1) is 17.7 Å². The summed E-state index contributed by atoms with van der Waals surface area (Å²) in [7, 11) is 0. The summed E-state index contributed by atoms with van der Waals surface area (Å²) >= 11 is 0. The molecule has 2 heterocycles. The van der Waals surface area contributed by atoms with Crippen LogP contribution in [0.4, 0.5) is 4.39 Å². The molecule has 0 aliphatic heterocycles. The van der Waals surface area contributed by atoms with Gasteiger partial charge in [0.05, 0.1) is 0 Å². The van der Waals surface area contributed by atoms with Crippen molar-refractivity contribution in [1.82, 2.24) is 9.38 Å². The zero-order valence-corrected chi connectivity index (χ0v) is 12.7. The number of nitrogens with zero attached hydrogens (tertiary/aromatic N) is 2. The number of aryl methyl sites for hydroxylation is 1. The minimum atomic E-state index is -0.313. The van der Waals surface area contributed by atoms with Crippen LogP contribution in [0.3, 0.4) is 0 Å². The maximum absolute atomic E-state index is 13.1.